The highest BCUT2D eigenvalue weighted by molar-refractivity contribution is 5.41. The molecule has 17 heavy (non-hydrogen) atoms. The van der Waals surface area contributed by atoms with E-state index in [0.29, 0.717) is 11.8 Å². The van der Waals surface area contributed by atoms with E-state index in [1.165, 1.54) is 0 Å². The van der Waals surface area contributed by atoms with Gasteiger partial charge in [0.15, 0.2) is 0 Å². The lowest BCUT2D eigenvalue weighted by atomic mass is 10.00. The van der Waals surface area contributed by atoms with Crippen LogP contribution in [0.5, 0.6) is 0 Å². The molecule has 1 saturated carbocycles. The molecule has 0 spiro atoms. The second-order valence-corrected chi connectivity index (χ2v) is 5.19. The van der Waals surface area contributed by atoms with Crippen LogP contribution in [0.1, 0.15) is 25.5 Å². The van der Waals surface area contributed by atoms with Crippen molar-refractivity contribution in [2.45, 2.75) is 32.3 Å². The highest BCUT2D eigenvalue weighted by Crippen LogP contribution is 2.39. The van der Waals surface area contributed by atoms with Crippen molar-refractivity contribution >= 4 is 5.82 Å². The minimum atomic E-state index is -0.0996. The van der Waals surface area contributed by atoms with Crippen molar-refractivity contribution in [1.82, 2.24) is 9.97 Å². The Hall–Kier alpha value is -1.16. The third-order valence-electron chi connectivity index (χ3n) is 4.21. The molecule has 92 valence electrons. The van der Waals surface area contributed by atoms with Crippen molar-refractivity contribution in [2.24, 2.45) is 11.8 Å². The average molecular weight is 233 g/mol. The lowest BCUT2D eigenvalue weighted by Gasteiger charge is -2.19. The molecule has 1 N–H and O–H groups in total. The average Bonchev–Trinajstić information content (AvgIpc) is 2.92. The van der Waals surface area contributed by atoms with Gasteiger partial charge in [-0.1, -0.05) is 6.92 Å². The van der Waals surface area contributed by atoms with Crippen LogP contribution >= 0.6 is 0 Å². The van der Waals surface area contributed by atoms with Crippen LogP contribution in [-0.4, -0.2) is 34.3 Å². The smallest absolute Gasteiger partial charge is 0.132 e. The SMILES string of the molecule is CCc1cc(N2CC3CCC(O)C3C2)ncn1. The van der Waals surface area contributed by atoms with Gasteiger partial charge in [0.05, 0.1) is 6.10 Å². The van der Waals surface area contributed by atoms with Crippen molar-refractivity contribution in [3.8, 4) is 0 Å². The molecule has 4 nitrogen and oxygen atoms in total. The van der Waals surface area contributed by atoms with Crippen molar-refractivity contribution in [3.63, 3.8) is 0 Å². The van der Waals surface area contributed by atoms with Gasteiger partial charge in [-0.05, 0) is 25.2 Å². The summed E-state index contributed by atoms with van der Waals surface area (Å²) in [5.74, 6) is 2.14. The lowest BCUT2D eigenvalue weighted by Crippen LogP contribution is -2.25. The predicted molar refractivity (Wildman–Crippen MR) is 65.8 cm³/mol. The van der Waals surface area contributed by atoms with E-state index in [1.54, 1.807) is 6.33 Å². The van der Waals surface area contributed by atoms with E-state index in [2.05, 4.69) is 27.9 Å². The number of aromatic nitrogens is 2. The molecule has 2 heterocycles. The number of fused-ring (bicyclic) bond motifs is 1. The number of rotatable bonds is 2. The number of hydrogen-bond acceptors (Lipinski definition) is 4. The Labute approximate surface area is 102 Å². The molecular formula is C13H19N3O. The largest absolute Gasteiger partial charge is 0.393 e. The summed E-state index contributed by atoms with van der Waals surface area (Å²) in [5, 5.41) is 9.91. The fraction of sp³-hybridized carbons (Fsp3) is 0.692. The van der Waals surface area contributed by atoms with Crippen LogP contribution < -0.4 is 4.90 Å². The second kappa shape index (κ2) is 4.26. The predicted octanol–water partition coefficient (Wildman–Crippen LogP) is 1.25. The number of hydrogen-bond donors (Lipinski definition) is 1. The molecule has 2 fully saturated rings. The number of nitrogens with zero attached hydrogens (tertiary/aromatic N) is 3. The first kappa shape index (κ1) is 11.0. The van der Waals surface area contributed by atoms with E-state index >= 15 is 0 Å². The lowest BCUT2D eigenvalue weighted by molar-refractivity contribution is 0.133. The Morgan fingerprint density at radius 1 is 1.35 bits per heavy atom. The van der Waals surface area contributed by atoms with E-state index in [4.69, 9.17) is 0 Å². The van der Waals surface area contributed by atoms with Crippen molar-refractivity contribution < 1.29 is 5.11 Å². The summed E-state index contributed by atoms with van der Waals surface area (Å²) in [4.78, 5) is 10.9. The monoisotopic (exact) mass is 233 g/mol. The molecule has 4 heteroatoms. The molecular weight excluding hydrogens is 214 g/mol. The van der Waals surface area contributed by atoms with Gasteiger partial charge < -0.3 is 10.0 Å². The molecule has 0 amide bonds. The van der Waals surface area contributed by atoms with Crippen LogP contribution in [0, 0.1) is 11.8 Å². The Morgan fingerprint density at radius 3 is 3.00 bits per heavy atom. The van der Waals surface area contributed by atoms with Crippen LogP contribution in [0.25, 0.3) is 0 Å². The van der Waals surface area contributed by atoms with Gasteiger partial charge in [-0.25, -0.2) is 9.97 Å². The molecule has 2 aliphatic rings. The van der Waals surface area contributed by atoms with Gasteiger partial charge in [0.2, 0.25) is 0 Å². The van der Waals surface area contributed by atoms with Gasteiger partial charge in [-0.3, -0.25) is 0 Å². The number of aliphatic hydroxyl groups is 1. The maximum absolute atomic E-state index is 9.91. The topological polar surface area (TPSA) is 49.2 Å². The van der Waals surface area contributed by atoms with Gasteiger partial charge in [0.1, 0.15) is 12.1 Å². The molecule has 1 aliphatic heterocycles. The third kappa shape index (κ3) is 1.90. The van der Waals surface area contributed by atoms with Crippen LogP contribution in [0.4, 0.5) is 5.82 Å². The van der Waals surface area contributed by atoms with Gasteiger partial charge in [-0.15, -0.1) is 0 Å². The summed E-state index contributed by atoms with van der Waals surface area (Å²) in [6.07, 6.45) is 4.64. The fourth-order valence-corrected chi connectivity index (χ4v) is 3.18. The van der Waals surface area contributed by atoms with Gasteiger partial charge in [0.25, 0.3) is 0 Å². The summed E-state index contributed by atoms with van der Waals surface area (Å²) >= 11 is 0. The summed E-state index contributed by atoms with van der Waals surface area (Å²) in [6.45, 7) is 4.10. The van der Waals surface area contributed by atoms with Gasteiger partial charge >= 0.3 is 0 Å². The summed E-state index contributed by atoms with van der Waals surface area (Å²) < 4.78 is 0. The number of aryl methyl sites for hydroxylation is 1. The summed E-state index contributed by atoms with van der Waals surface area (Å²) in [6, 6.07) is 2.08. The molecule has 3 atom stereocenters. The first-order valence-corrected chi connectivity index (χ1v) is 6.52. The summed E-state index contributed by atoms with van der Waals surface area (Å²) in [7, 11) is 0. The summed E-state index contributed by atoms with van der Waals surface area (Å²) in [5.41, 5.74) is 1.09. The number of aliphatic hydroxyl groups excluding tert-OH is 1. The molecule has 1 aromatic heterocycles. The fourth-order valence-electron chi connectivity index (χ4n) is 3.18. The van der Waals surface area contributed by atoms with Gasteiger partial charge in [-0.2, -0.15) is 0 Å². The highest BCUT2D eigenvalue weighted by atomic mass is 16.3. The quantitative estimate of drug-likeness (QED) is 0.835. The first-order valence-electron chi connectivity index (χ1n) is 6.52. The minimum absolute atomic E-state index is 0.0996. The van der Waals surface area contributed by atoms with E-state index in [1.807, 2.05) is 0 Å². The third-order valence-corrected chi connectivity index (χ3v) is 4.21. The Kier molecular flexibility index (Phi) is 2.74. The molecule has 1 aromatic rings. The second-order valence-electron chi connectivity index (χ2n) is 5.19. The van der Waals surface area contributed by atoms with E-state index in [-0.39, 0.29) is 6.10 Å². The molecule has 0 aromatic carbocycles. The number of anilines is 1. The zero-order valence-corrected chi connectivity index (χ0v) is 10.2. The molecule has 0 radical (unpaired) electrons. The molecule has 3 unspecified atom stereocenters. The van der Waals surface area contributed by atoms with Crippen LogP contribution in [0.2, 0.25) is 0 Å². The molecule has 1 saturated heterocycles. The maximum atomic E-state index is 9.91. The van der Waals surface area contributed by atoms with Crippen molar-refractivity contribution in [1.29, 1.82) is 0 Å². The zero-order valence-electron chi connectivity index (χ0n) is 10.2. The van der Waals surface area contributed by atoms with Crippen molar-refractivity contribution in [2.75, 3.05) is 18.0 Å². The Bertz CT molecular complexity index is 409. The molecule has 3 rings (SSSR count). The standard InChI is InChI=1S/C13H19N3O/c1-2-10-5-13(15-8-14-10)16-6-9-3-4-12(17)11(9)7-16/h5,8-9,11-12,17H,2-4,6-7H2,1H3. The Balaban J connectivity index is 1.78. The molecule has 1 aliphatic carbocycles. The van der Waals surface area contributed by atoms with Crippen LogP contribution in [0.3, 0.4) is 0 Å². The van der Waals surface area contributed by atoms with E-state index in [9.17, 15) is 5.11 Å². The van der Waals surface area contributed by atoms with Crippen molar-refractivity contribution in [3.05, 3.63) is 18.1 Å². The zero-order chi connectivity index (χ0) is 11.8. The molecule has 0 bridgehead atoms. The van der Waals surface area contributed by atoms with Crippen LogP contribution in [0.15, 0.2) is 12.4 Å². The van der Waals surface area contributed by atoms with Gasteiger partial charge in [0, 0.05) is 30.8 Å². The normalized spacial score (nSPS) is 31.9. The van der Waals surface area contributed by atoms with Crippen LogP contribution in [-0.2, 0) is 6.42 Å². The maximum Gasteiger partial charge on any atom is 0.132 e. The minimum Gasteiger partial charge on any atom is -0.393 e. The Morgan fingerprint density at radius 2 is 2.24 bits per heavy atom. The first-order chi connectivity index (χ1) is 8.28. The highest BCUT2D eigenvalue weighted by Gasteiger charge is 2.42. The van der Waals surface area contributed by atoms with E-state index < -0.39 is 0 Å². The van der Waals surface area contributed by atoms with E-state index in [0.717, 1.165) is 43.9 Å².